The van der Waals surface area contributed by atoms with Crippen molar-refractivity contribution >= 4 is 16.6 Å². The van der Waals surface area contributed by atoms with E-state index in [1.807, 2.05) is 32.0 Å². The molecular weight excluding hydrogens is 224 g/mol. The van der Waals surface area contributed by atoms with E-state index in [0.29, 0.717) is 0 Å². The molecule has 1 aromatic carbocycles. The number of fused-ring (bicyclic) bond motifs is 1. The number of para-hydroxylation sites is 1. The maximum atomic E-state index is 9.55. The highest BCUT2D eigenvalue weighted by atomic mass is 16.3. The molecule has 18 heavy (non-hydrogen) atoms. The number of pyridine rings is 1. The third kappa shape index (κ3) is 2.99. The predicted molar refractivity (Wildman–Crippen MR) is 75.9 cm³/mol. The van der Waals surface area contributed by atoms with Crippen molar-refractivity contribution in [2.24, 2.45) is 0 Å². The molecule has 0 fully saturated rings. The summed E-state index contributed by atoms with van der Waals surface area (Å²) in [5, 5.41) is 14.1. The van der Waals surface area contributed by atoms with E-state index in [1.54, 1.807) is 0 Å². The van der Waals surface area contributed by atoms with Gasteiger partial charge in [-0.1, -0.05) is 25.1 Å². The minimum atomic E-state index is -0.216. The SMILES string of the molecule is CCC(O)CCNc1cc(C)nc2ccccc12. The van der Waals surface area contributed by atoms with Crippen LogP contribution in [0, 0.1) is 6.92 Å². The standard InChI is InChI=1S/C15H20N2O/c1-3-12(18)8-9-16-15-10-11(2)17-14-7-5-4-6-13(14)15/h4-7,10,12,18H,3,8-9H2,1-2H3,(H,16,17). The number of nitrogens with zero attached hydrogens (tertiary/aromatic N) is 1. The molecule has 0 aliphatic heterocycles. The number of aliphatic hydroxyl groups is 1. The Morgan fingerprint density at radius 2 is 2.11 bits per heavy atom. The molecule has 2 N–H and O–H groups in total. The molecule has 1 atom stereocenters. The highest BCUT2D eigenvalue weighted by Crippen LogP contribution is 2.22. The zero-order chi connectivity index (χ0) is 13.0. The Bertz CT molecular complexity index is 525. The Morgan fingerprint density at radius 3 is 2.89 bits per heavy atom. The van der Waals surface area contributed by atoms with Crippen LogP contribution in [-0.2, 0) is 0 Å². The fraction of sp³-hybridized carbons (Fsp3) is 0.400. The lowest BCUT2D eigenvalue weighted by molar-refractivity contribution is 0.164. The average molecular weight is 244 g/mol. The van der Waals surface area contributed by atoms with Gasteiger partial charge < -0.3 is 10.4 Å². The molecule has 2 rings (SSSR count). The van der Waals surface area contributed by atoms with Crippen molar-refractivity contribution in [3.8, 4) is 0 Å². The summed E-state index contributed by atoms with van der Waals surface area (Å²) in [6.45, 7) is 4.78. The first-order valence-corrected chi connectivity index (χ1v) is 6.49. The second-order valence-corrected chi connectivity index (χ2v) is 4.61. The second kappa shape index (κ2) is 5.83. The van der Waals surface area contributed by atoms with E-state index in [-0.39, 0.29) is 6.10 Å². The highest BCUT2D eigenvalue weighted by Gasteiger charge is 2.04. The molecule has 0 saturated heterocycles. The van der Waals surface area contributed by atoms with Gasteiger partial charge in [-0.15, -0.1) is 0 Å². The van der Waals surface area contributed by atoms with Crippen molar-refractivity contribution in [1.82, 2.24) is 4.98 Å². The quantitative estimate of drug-likeness (QED) is 0.849. The molecule has 3 heteroatoms. The van der Waals surface area contributed by atoms with Gasteiger partial charge in [-0.05, 0) is 31.9 Å². The molecule has 2 aromatic rings. The normalized spacial score (nSPS) is 12.6. The van der Waals surface area contributed by atoms with Gasteiger partial charge in [0.15, 0.2) is 0 Å². The Balaban J connectivity index is 2.17. The number of benzene rings is 1. The summed E-state index contributed by atoms with van der Waals surface area (Å²) in [6, 6.07) is 10.2. The molecule has 0 aliphatic rings. The number of aliphatic hydroxyl groups excluding tert-OH is 1. The maximum Gasteiger partial charge on any atom is 0.0725 e. The van der Waals surface area contributed by atoms with Crippen LogP contribution in [0.15, 0.2) is 30.3 Å². The van der Waals surface area contributed by atoms with Gasteiger partial charge in [-0.25, -0.2) is 0 Å². The number of hydrogen-bond donors (Lipinski definition) is 2. The molecule has 0 spiro atoms. The van der Waals surface area contributed by atoms with Crippen LogP contribution in [0.1, 0.15) is 25.5 Å². The number of rotatable bonds is 5. The molecular formula is C15H20N2O. The molecule has 0 saturated carbocycles. The van der Waals surface area contributed by atoms with Crippen LogP contribution in [0.2, 0.25) is 0 Å². The summed E-state index contributed by atoms with van der Waals surface area (Å²) in [5.41, 5.74) is 3.12. The van der Waals surface area contributed by atoms with Gasteiger partial charge >= 0.3 is 0 Å². The van der Waals surface area contributed by atoms with Crippen molar-refractivity contribution in [3.05, 3.63) is 36.0 Å². The minimum Gasteiger partial charge on any atom is -0.393 e. The van der Waals surface area contributed by atoms with E-state index >= 15 is 0 Å². The van der Waals surface area contributed by atoms with Crippen LogP contribution >= 0.6 is 0 Å². The monoisotopic (exact) mass is 244 g/mol. The van der Waals surface area contributed by atoms with E-state index in [1.165, 1.54) is 0 Å². The number of aromatic nitrogens is 1. The van der Waals surface area contributed by atoms with E-state index in [2.05, 4.69) is 22.4 Å². The van der Waals surface area contributed by atoms with Crippen LogP contribution in [0.3, 0.4) is 0 Å². The average Bonchev–Trinajstić information content (AvgIpc) is 2.38. The third-order valence-corrected chi connectivity index (χ3v) is 3.11. The molecule has 3 nitrogen and oxygen atoms in total. The van der Waals surface area contributed by atoms with Crippen LogP contribution in [0.4, 0.5) is 5.69 Å². The van der Waals surface area contributed by atoms with E-state index in [4.69, 9.17) is 0 Å². The van der Waals surface area contributed by atoms with Gasteiger partial charge in [0, 0.05) is 23.3 Å². The predicted octanol–water partition coefficient (Wildman–Crippen LogP) is 3.12. The van der Waals surface area contributed by atoms with E-state index in [9.17, 15) is 5.11 Å². The van der Waals surface area contributed by atoms with Crippen LogP contribution in [0.5, 0.6) is 0 Å². The zero-order valence-electron chi connectivity index (χ0n) is 11.0. The van der Waals surface area contributed by atoms with Crippen molar-refractivity contribution in [1.29, 1.82) is 0 Å². The van der Waals surface area contributed by atoms with Crippen molar-refractivity contribution in [2.45, 2.75) is 32.8 Å². The van der Waals surface area contributed by atoms with Crippen molar-refractivity contribution < 1.29 is 5.11 Å². The molecule has 0 bridgehead atoms. The number of nitrogens with one attached hydrogen (secondary N) is 1. The topological polar surface area (TPSA) is 45.1 Å². The smallest absolute Gasteiger partial charge is 0.0725 e. The van der Waals surface area contributed by atoms with Crippen LogP contribution in [-0.4, -0.2) is 22.7 Å². The Kier molecular flexibility index (Phi) is 4.15. The van der Waals surface area contributed by atoms with Crippen molar-refractivity contribution in [2.75, 3.05) is 11.9 Å². The number of anilines is 1. The van der Waals surface area contributed by atoms with E-state index < -0.39 is 0 Å². The lowest BCUT2D eigenvalue weighted by Gasteiger charge is -2.12. The largest absolute Gasteiger partial charge is 0.393 e. The number of aryl methyl sites for hydroxylation is 1. The van der Waals surface area contributed by atoms with Crippen molar-refractivity contribution in [3.63, 3.8) is 0 Å². The van der Waals surface area contributed by atoms with Gasteiger partial charge in [0.1, 0.15) is 0 Å². The first-order chi connectivity index (χ1) is 8.70. The highest BCUT2D eigenvalue weighted by molar-refractivity contribution is 5.91. The molecule has 0 amide bonds. The molecule has 96 valence electrons. The van der Waals surface area contributed by atoms with Gasteiger partial charge in [0.25, 0.3) is 0 Å². The fourth-order valence-corrected chi connectivity index (χ4v) is 2.03. The Hall–Kier alpha value is -1.61. The van der Waals surface area contributed by atoms with E-state index in [0.717, 1.165) is 41.7 Å². The first kappa shape index (κ1) is 12.8. The van der Waals surface area contributed by atoms with Gasteiger partial charge in [-0.3, -0.25) is 4.98 Å². The van der Waals surface area contributed by atoms with Gasteiger partial charge in [0.2, 0.25) is 0 Å². The lowest BCUT2D eigenvalue weighted by atomic mass is 10.1. The van der Waals surface area contributed by atoms with Crippen LogP contribution < -0.4 is 5.32 Å². The summed E-state index contributed by atoms with van der Waals surface area (Å²) >= 11 is 0. The zero-order valence-corrected chi connectivity index (χ0v) is 11.0. The summed E-state index contributed by atoms with van der Waals surface area (Å²) < 4.78 is 0. The fourth-order valence-electron chi connectivity index (χ4n) is 2.03. The maximum absolute atomic E-state index is 9.55. The summed E-state index contributed by atoms with van der Waals surface area (Å²) in [6.07, 6.45) is 1.36. The van der Waals surface area contributed by atoms with Gasteiger partial charge in [-0.2, -0.15) is 0 Å². The van der Waals surface area contributed by atoms with Crippen LogP contribution in [0.25, 0.3) is 10.9 Å². The number of hydrogen-bond acceptors (Lipinski definition) is 3. The van der Waals surface area contributed by atoms with Gasteiger partial charge in [0.05, 0.1) is 11.6 Å². The second-order valence-electron chi connectivity index (χ2n) is 4.61. The first-order valence-electron chi connectivity index (χ1n) is 6.49. The molecule has 1 heterocycles. The molecule has 1 aromatic heterocycles. The third-order valence-electron chi connectivity index (χ3n) is 3.11. The molecule has 1 unspecified atom stereocenters. The molecule has 0 aliphatic carbocycles. The Labute approximate surface area is 108 Å². The summed E-state index contributed by atoms with van der Waals surface area (Å²) in [5.74, 6) is 0. The minimum absolute atomic E-state index is 0.216. The Morgan fingerprint density at radius 1 is 1.33 bits per heavy atom. The lowest BCUT2D eigenvalue weighted by Crippen LogP contribution is -2.12. The molecule has 0 radical (unpaired) electrons. The summed E-state index contributed by atoms with van der Waals surface area (Å²) in [4.78, 5) is 4.51. The summed E-state index contributed by atoms with van der Waals surface area (Å²) in [7, 11) is 0.